The number of benzene rings is 1. The average Bonchev–Trinajstić information content (AvgIpc) is 3.33. The number of aliphatic hydroxyl groups excluding tert-OH is 1. The molecule has 3 atom stereocenters. The average molecular weight is 341 g/mol. The van der Waals surface area contributed by atoms with Crippen molar-refractivity contribution >= 4 is 5.91 Å². The number of hydrogen-bond acceptors (Lipinski definition) is 4. The van der Waals surface area contributed by atoms with E-state index in [0.717, 1.165) is 24.9 Å². The molecule has 0 bridgehead atoms. The van der Waals surface area contributed by atoms with Crippen LogP contribution in [-0.4, -0.2) is 57.6 Å². The first-order chi connectivity index (χ1) is 12.2. The van der Waals surface area contributed by atoms with E-state index >= 15 is 0 Å². The molecule has 1 aliphatic heterocycles. The quantitative estimate of drug-likeness (QED) is 0.925. The zero-order chi connectivity index (χ0) is 17.2. The van der Waals surface area contributed by atoms with Gasteiger partial charge in [-0.05, 0) is 37.1 Å². The summed E-state index contributed by atoms with van der Waals surface area (Å²) >= 11 is 0. The summed E-state index contributed by atoms with van der Waals surface area (Å²) in [6, 6.07) is 9.33. The van der Waals surface area contributed by atoms with Crippen molar-refractivity contribution in [2.45, 2.75) is 31.4 Å². The topological polar surface area (TPSA) is 67.6 Å². The molecule has 2 fully saturated rings. The lowest BCUT2D eigenvalue weighted by atomic mass is 9.93. The third-order valence-electron chi connectivity index (χ3n) is 5.31. The number of aliphatic hydroxyl groups is 1. The Morgan fingerprint density at radius 3 is 2.96 bits per heavy atom. The van der Waals surface area contributed by atoms with Crippen LogP contribution in [0.4, 0.5) is 0 Å². The fourth-order valence-electron chi connectivity index (χ4n) is 4.02. The molecule has 2 aliphatic rings. The van der Waals surface area contributed by atoms with Gasteiger partial charge >= 0.3 is 0 Å². The molecule has 0 spiro atoms. The Kier molecular flexibility index (Phi) is 4.55. The molecule has 0 radical (unpaired) electrons. The van der Waals surface area contributed by atoms with Crippen molar-refractivity contribution in [3.63, 3.8) is 0 Å². The third kappa shape index (κ3) is 3.19. The highest BCUT2D eigenvalue weighted by Gasteiger charge is 2.39. The van der Waals surface area contributed by atoms with Gasteiger partial charge in [-0.2, -0.15) is 5.10 Å². The van der Waals surface area contributed by atoms with E-state index < -0.39 is 0 Å². The van der Waals surface area contributed by atoms with Crippen molar-refractivity contribution in [3.05, 3.63) is 48.3 Å². The highest BCUT2D eigenvalue weighted by atomic mass is 16.5. The molecule has 1 amide bonds. The Morgan fingerprint density at radius 1 is 1.28 bits per heavy atom. The van der Waals surface area contributed by atoms with E-state index in [2.05, 4.69) is 5.10 Å². The molecule has 1 aliphatic carbocycles. The molecule has 1 saturated heterocycles. The van der Waals surface area contributed by atoms with Crippen LogP contribution in [0.1, 0.15) is 29.6 Å². The molecule has 1 aromatic heterocycles. The second-order valence-corrected chi connectivity index (χ2v) is 6.80. The molecule has 132 valence electrons. The van der Waals surface area contributed by atoms with E-state index in [-0.39, 0.29) is 24.0 Å². The van der Waals surface area contributed by atoms with Gasteiger partial charge in [-0.3, -0.25) is 4.79 Å². The minimum absolute atomic E-state index is 0.00130. The Balaban J connectivity index is 1.59. The van der Waals surface area contributed by atoms with Crippen molar-refractivity contribution < 1.29 is 14.6 Å². The maximum atomic E-state index is 13.2. The van der Waals surface area contributed by atoms with Crippen LogP contribution < -0.4 is 0 Å². The zero-order valence-electron chi connectivity index (χ0n) is 14.1. The van der Waals surface area contributed by atoms with Gasteiger partial charge in [0.15, 0.2) is 0 Å². The van der Waals surface area contributed by atoms with E-state index in [4.69, 9.17) is 4.74 Å². The van der Waals surface area contributed by atoms with Gasteiger partial charge in [-0.1, -0.05) is 12.5 Å². The summed E-state index contributed by atoms with van der Waals surface area (Å²) in [4.78, 5) is 15.0. The number of amides is 1. The number of ether oxygens (including phenoxy) is 1. The van der Waals surface area contributed by atoms with Crippen LogP contribution in [0.25, 0.3) is 5.69 Å². The third-order valence-corrected chi connectivity index (χ3v) is 5.31. The van der Waals surface area contributed by atoms with Gasteiger partial charge in [-0.25, -0.2) is 4.68 Å². The van der Waals surface area contributed by atoms with Crippen LogP contribution in [0.15, 0.2) is 42.7 Å². The molecule has 1 aromatic carbocycles. The van der Waals surface area contributed by atoms with E-state index in [9.17, 15) is 9.90 Å². The van der Waals surface area contributed by atoms with Crippen molar-refractivity contribution in [3.8, 4) is 5.69 Å². The minimum Gasteiger partial charge on any atom is -0.393 e. The number of carbonyl (C=O) groups excluding carboxylic acids is 1. The number of rotatable bonds is 3. The van der Waals surface area contributed by atoms with E-state index in [0.29, 0.717) is 25.3 Å². The standard InChI is InChI=1S/C19H23N3O3/c23-18-7-2-6-16(18)17-13-25-11-10-21(17)19(24)14-4-1-5-15(12-14)22-9-3-8-20-22/h1,3-5,8-9,12,16-18,23H,2,6-7,10-11,13H2/t16-,17-,18-/m1/s1. The SMILES string of the molecule is O=C(c1cccc(-n2cccn2)c1)N1CCOC[C@@H]1[C@H]1CCC[C@H]1O. The smallest absolute Gasteiger partial charge is 0.254 e. The maximum absolute atomic E-state index is 13.2. The molecule has 1 saturated carbocycles. The van der Waals surface area contributed by atoms with Crippen molar-refractivity contribution in [2.24, 2.45) is 5.92 Å². The Morgan fingerprint density at radius 2 is 2.20 bits per heavy atom. The molecule has 4 rings (SSSR count). The Hall–Kier alpha value is -2.18. The molecular formula is C19H23N3O3. The lowest BCUT2D eigenvalue weighted by Gasteiger charge is -2.40. The summed E-state index contributed by atoms with van der Waals surface area (Å²) in [5.74, 6) is 0.111. The van der Waals surface area contributed by atoms with E-state index in [1.807, 2.05) is 41.4 Å². The number of morpholine rings is 1. The molecule has 0 unspecified atom stereocenters. The van der Waals surface area contributed by atoms with Crippen LogP contribution in [0.3, 0.4) is 0 Å². The molecule has 1 N–H and O–H groups in total. The monoisotopic (exact) mass is 341 g/mol. The largest absolute Gasteiger partial charge is 0.393 e. The second-order valence-electron chi connectivity index (χ2n) is 6.80. The summed E-state index contributed by atoms with van der Waals surface area (Å²) in [5.41, 5.74) is 1.51. The first-order valence-corrected chi connectivity index (χ1v) is 8.91. The van der Waals surface area contributed by atoms with Crippen molar-refractivity contribution in [1.82, 2.24) is 14.7 Å². The lowest BCUT2D eigenvalue weighted by Crippen LogP contribution is -2.53. The predicted molar refractivity (Wildman–Crippen MR) is 92.6 cm³/mol. The fraction of sp³-hybridized carbons (Fsp3) is 0.474. The van der Waals surface area contributed by atoms with Crippen molar-refractivity contribution in [1.29, 1.82) is 0 Å². The van der Waals surface area contributed by atoms with Gasteiger partial charge < -0.3 is 14.7 Å². The lowest BCUT2D eigenvalue weighted by molar-refractivity contribution is -0.0383. The van der Waals surface area contributed by atoms with Gasteiger partial charge in [0.2, 0.25) is 0 Å². The Bertz CT molecular complexity index is 731. The highest BCUT2D eigenvalue weighted by molar-refractivity contribution is 5.95. The molecular weight excluding hydrogens is 318 g/mol. The van der Waals surface area contributed by atoms with Gasteiger partial charge in [0.05, 0.1) is 31.0 Å². The van der Waals surface area contributed by atoms with Crippen LogP contribution in [-0.2, 0) is 4.74 Å². The number of aromatic nitrogens is 2. The molecule has 2 aromatic rings. The van der Waals surface area contributed by atoms with E-state index in [1.54, 1.807) is 10.9 Å². The summed E-state index contributed by atoms with van der Waals surface area (Å²) in [6.07, 6.45) is 6.02. The normalized spacial score (nSPS) is 26.8. The molecule has 25 heavy (non-hydrogen) atoms. The second kappa shape index (κ2) is 6.98. The van der Waals surface area contributed by atoms with Gasteiger partial charge in [0.25, 0.3) is 5.91 Å². The minimum atomic E-state index is -0.336. The van der Waals surface area contributed by atoms with Crippen molar-refractivity contribution in [2.75, 3.05) is 19.8 Å². The van der Waals surface area contributed by atoms with E-state index in [1.165, 1.54) is 0 Å². The first-order valence-electron chi connectivity index (χ1n) is 8.91. The Labute approximate surface area is 147 Å². The maximum Gasteiger partial charge on any atom is 0.254 e. The summed E-state index contributed by atoms with van der Waals surface area (Å²) < 4.78 is 7.37. The van der Waals surface area contributed by atoms with Gasteiger partial charge in [-0.15, -0.1) is 0 Å². The molecule has 6 heteroatoms. The van der Waals surface area contributed by atoms with Crippen LogP contribution in [0, 0.1) is 5.92 Å². The summed E-state index contributed by atoms with van der Waals surface area (Å²) in [5, 5.41) is 14.5. The predicted octanol–water partition coefficient (Wildman–Crippen LogP) is 1.87. The molecule has 6 nitrogen and oxygen atoms in total. The number of hydrogen-bond donors (Lipinski definition) is 1. The highest BCUT2D eigenvalue weighted by Crippen LogP contribution is 2.33. The zero-order valence-corrected chi connectivity index (χ0v) is 14.1. The number of carbonyl (C=O) groups is 1. The van der Waals surface area contributed by atoms with Crippen LogP contribution in [0.5, 0.6) is 0 Å². The number of nitrogens with zero attached hydrogens (tertiary/aromatic N) is 3. The summed E-state index contributed by atoms with van der Waals surface area (Å²) in [6.45, 7) is 1.62. The van der Waals surface area contributed by atoms with Gasteiger partial charge in [0, 0.05) is 30.4 Å². The van der Waals surface area contributed by atoms with Crippen LogP contribution >= 0.6 is 0 Å². The van der Waals surface area contributed by atoms with Gasteiger partial charge in [0.1, 0.15) is 0 Å². The van der Waals surface area contributed by atoms with Crippen LogP contribution in [0.2, 0.25) is 0 Å². The first kappa shape index (κ1) is 16.3. The molecule has 2 heterocycles. The summed E-state index contributed by atoms with van der Waals surface area (Å²) in [7, 11) is 0. The fourth-order valence-corrected chi connectivity index (χ4v) is 4.02.